The van der Waals surface area contributed by atoms with Gasteiger partial charge < -0.3 is 10.5 Å². The van der Waals surface area contributed by atoms with Gasteiger partial charge in [-0.2, -0.15) is 13.2 Å². The van der Waals surface area contributed by atoms with Crippen molar-refractivity contribution in [3.63, 3.8) is 0 Å². The van der Waals surface area contributed by atoms with E-state index in [1.807, 2.05) is 30.3 Å². The summed E-state index contributed by atoms with van der Waals surface area (Å²) in [6.07, 6.45) is -4.16. The molecule has 21 heavy (non-hydrogen) atoms. The highest BCUT2D eigenvalue weighted by molar-refractivity contribution is 5.61. The molecular formula is C14H14F3N3O. The van der Waals surface area contributed by atoms with E-state index in [0.717, 1.165) is 5.56 Å². The predicted octanol–water partition coefficient (Wildman–Crippen LogP) is 2.85. The van der Waals surface area contributed by atoms with Gasteiger partial charge in [0.1, 0.15) is 18.2 Å². The molecule has 1 aromatic carbocycles. The summed E-state index contributed by atoms with van der Waals surface area (Å²) in [4.78, 5) is 8.28. The standard InChI is InChI=1S/C14H14F3N3O/c15-14(16,17)9-21-7-6-13-19-11(8-12(18)20-13)10-4-2-1-3-5-10/h1-5,8H,6-7,9H2,(H2,18,19,20). The molecule has 0 aliphatic carbocycles. The zero-order valence-electron chi connectivity index (χ0n) is 11.1. The largest absolute Gasteiger partial charge is 0.411 e. The number of aromatic nitrogens is 2. The number of nitrogens with two attached hydrogens (primary N) is 1. The van der Waals surface area contributed by atoms with Crippen molar-refractivity contribution < 1.29 is 17.9 Å². The smallest absolute Gasteiger partial charge is 0.384 e. The van der Waals surface area contributed by atoms with Crippen LogP contribution in [0.4, 0.5) is 19.0 Å². The lowest BCUT2D eigenvalue weighted by atomic mass is 10.1. The highest BCUT2D eigenvalue weighted by Gasteiger charge is 2.27. The molecule has 0 unspecified atom stereocenters. The zero-order chi connectivity index (χ0) is 15.3. The van der Waals surface area contributed by atoms with Gasteiger partial charge in [0.05, 0.1) is 12.3 Å². The minimum atomic E-state index is -4.33. The zero-order valence-corrected chi connectivity index (χ0v) is 11.1. The number of halogens is 3. The second kappa shape index (κ2) is 6.53. The second-order valence-corrected chi connectivity index (χ2v) is 4.38. The summed E-state index contributed by atoms with van der Waals surface area (Å²) in [6, 6.07) is 11.0. The van der Waals surface area contributed by atoms with Crippen LogP contribution in [0.25, 0.3) is 11.3 Å². The van der Waals surface area contributed by atoms with Gasteiger partial charge >= 0.3 is 6.18 Å². The highest BCUT2D eigenvalue weighted by Crippen LogP contribution is 2.18. The number of hydrogen-bond acceptors (Lipinski definition) is 4. The molecule has 1 heterocycles. The third-order valence-electron chi connectivity index (χ3n) is 2.60. The average molecular weight is 297 g/mol. The molecule has 0 spiro atoms. The number of benzene rings is 1. The van der Waals surface area contributed by atoms with Crippen LogP contribution in [0.1, 0.15) is 5.82 Å². The Bertz CT molecular complexity index is 588. The SMILES string of the molecule is Nc1cc(-c2ccccc2)nc(CCOCC(F)(F)F)n1. The Hall–Kier alpha value is -2.15. The number of rotatable bonds is 5. The minimum absolute atomic E-state index is 0.114. The molecule has 7 heteroatoms. The van der Waals surface area contributed by atoms with Crippen LogP contribution in [0, 0.1) is 0 Å². The number of hydrogen-bond donors (Lipinski definition) is 1. The molecule has 4 nitrogen and oxygen atoms in total. The van der Waals surface area contributed by atoms with E-state index in [9.17, 15) is 13.2 Å². The van der Waals surface area contributed by atoms with Crippen LogP contribution >= 0.6 is 0 Å². The number of anilines is 1. The van der Waals surface area contributed by atoms with Crippen molar-refractivity contribution in [1.29, 1.82) is 0 Å². The lowest BCUT2D eigenvalue weighted by Gasteiger charge is -2.08. The summed E-state index contributed by atoms with van der Waals surface area (Å²) in [5.74, 6) is 0.630. The fourth-order valence-electron chi connectivity index (χ4n) is 1.74. The minimum Gasteiger partial charge on any atom is -0.384 e. The first-order valence-electron chi connectivity index (χ1n) is 6.27. The molecule has 0 saturated heterocycles. The van der Waals surface area contributed by atoms with Gasteiger partial charge in [-0.25, -0.2) is 9.97 Å². The molecule has 0 radical (unpaired) electrons. The van der Waals surface area contributed by atoms with E-state index in [-0.39, 0.29) is 18.8 Å². The molecular weight excluding hydrogens is 283 g/mol. The summed E-state index contributed by atoms with van der Waals surface area (Å²) in [5, 5.41) is 0. The van der Waals surface area contributed by atoms with E-state index in [1.54, 1.807) is 6.07 Å². The molecule has 0 aliphatic heterocycles. The first kappa shape index (κ1) is 15.2. The fraction of sp³-hybridized carbons (Fsp3) is 0.286. The third-order valence-corrected chi connectivity index (χ3v) is 2.60. The maximum atomic E-state index is 12.0. The molecule has 0 fully saturated rings. The van der Waals surface area contributed by atoms with E-state index < -0.39 is 12.8 Å². The molecule has 0 aliphatic rings. The van der Waals surface area contributed by atoms with E-state index in [2.05, 4.69) is 14.7 Å². The van der Waals surface area contributed by atoms with Crippen LogP contribution in [0.3, 0.4) is 0 Å². The monoisotopic (exact) mass is 297 g/mol. The Labute approximate surface area is 119 Å². The predicted molar refractivity (Wildman–Crippen MR) is 72.5 cm³/mol. The maximum Gasteiger partial charge on any atom is 0.411 e. The number of nitrogen functional groups attached to an aromatic ring is 1. The molecule has 112 valence electrons. The van der Waals surface area contributed by atoms with E-state index in [1.165, 1.54) is 0 Å². The number of ether oxygens (including phenoxy) is 1. The molecule has 1 aromatic heterocycles. The van der Waals surface area contributed by atoms with Gasteiger partial charge in [0, 0.05) is 18.1 Å². The summed E-state index contributed by atoms with van der Waals surface area (Å²) < 4.78 is 40.4. The van der Waals surface area contributed by atoms with Crippen LogP contribution < -0.4 is 5.73 Å². The van der Waals surface area contributed by atoms with Crippen molar-refractivity contribution in [2.24, 2.45) is 0 Å². The van der Waals surface area contributed by atoms with Crippen LogP contribution in [0.5, 0.6) is 0 Å². The van der Waals surface area contributed by atoms with Crippen molar-refractivity contribution >= 4 is 5.82 Å². The van der Waals surface area contributed by atoms with Gasteiger partial charge in [-0.05, 0) is 0 Å². The first-order valence-corrected chi connectivity index (χ1v) is 6.27. The van der Waals surface area contributed by atoms with Crippen molar-refractivity contribution in [1.82, 2.24) is 9.97 Å². The van der Waals surface area contributed by atoms with Gasteiger partial charge in [0.15, 0.2) is 0 Å². The Morgan fingerprint density at radius 2 is 1.81 bits per heavy atom. The number of nitrogens with zero attached hydrogens (tertiary/aromatic N) is 2. The van der Waals surface area contributed by atoms with Gasteiger partial charge in [-0.1, -0.05) is 30.3 Å². The first-order chi connectivity index (χ1) is 9.94. The summed E-state index contributed by atoms with van der Waals surface area (Å²) in [7, 11) is 0. The Morgan fingerprint density at radius 1 is 1.10 bits per heavy atom. The van der Waals surface area contributed by atoms with Gasteiger partial charge in [-0.15, -0.1) is 0 Å². The van der Waals surface area contributed by atoms with Crippen molar-refractivity contribution in [3.8, 4) is 11.3 Å². The topological polar surface area (TPSA) is 61.0 Å². The van der Waals surface area contributed by atoms with Gasteiger partial charge in [-0.3, -0.25) is 0 Å². The molecule has 2 N–H and O–H groups in total. The van der Waals surface area contributed by atoms with Crippen LogP contribution in [-0.2, 0) is 11.2 Å². The quantitative estimate of drug-likeness (QED) is 0.862. The van der Waals surface area contributed by atoms with Gasteiger partial charge in [0.25, 0.3) is 0 Å². The van der Waals surface area contributed by atoms with E-state index in [4.69, 9.17) is 5.73 Å². The molecule has 0 atom stereocenters. The van der Waals surface area contributed by atoms with Crippen LogP contribution in [0.2, 0.25) is 0 Å². The third kappa shape index (κ3) is 5.03. The fourth-order valence-corrected chi connectivity index (χ4v) is 1.74. The van der Waals surface area contributed by atoms with E-state index in [0.29, 0.717) is 11.5 Å². The summed E-state index contributed by atoms with van der Waals surface area (Å²) in [5.41, 5.74) is 7.20. The normalized spacial score (nSPS) is 11.6. The average Bonchev–Trinajstić information content (AvgIpc) is 2.43. The molecule has 0 bridgehead atoms. The highest BCUT2D eigenvalue weighted by atomic mass is 19.4. The van der Waals surface area contributed by atoms with Crippen molar-refractivity contribution in [3.05, 3.63) is 42.2 Å². The molecule has 0 amide bonds. The maximum absolute atomic E-state index is 12.0. The van der Waals surface area contributed by atoms with Gasteiger partial charge in [0.2, 0.25) is 0 Å². The molecule has 0 saturated carbocycles. The molecule has 2 rings (SSSR count). The van der Waals surface area contributed by atoms with Crippen molar-refractivity contribution in [2.75, 3.05) is 18.9 Å². The summed E-state index contributed by atoms with van der Waals surface area (Å²) >= 11 is 0. The number of alkyl halides is 3. The Morgan fingerprint density at radius 3 is 2.48 bits per heavy atom. The second-order valence-electron chi connectivity index (χ2n) is 4.38. The van der Waals surface area contributed by atoms with Crippen LogP contribution in [-0.4, -0.2) is 29.4 Å². The summed E-state index contributed by atoms with van der Waals surface area (Å²) in [6.45, 7) is -1.39. The molecule has 2 aromatic rings. The van der Waals surface area contributed by atoms with E-state index >= 15 is 0 Å². The van der Waals surface area contributed by atoms with Crippen molar-refractivity contribution in [2.45, 2.75) is 12.6 Å². The Kier molecular flexibility index (Phi) is 4.74. The lowest BCUT2D eigenvalue weighted by molar-refractivity contribution is -0.173. The van der Waals surface area contributed by atoms with Crippen LogP contribution in [0.15, 0.2) is 36.4 Å². The lowest BCUT2D eigenvalue weighted by Crippen LogP contribution is -2.18. The Balaban J connectivity index is 2.03.